The molecule has 0 aliphatic carbocycles. The first kappa shape index (κ1) is 27.9. The van der Waals surface area contributed by atoms with Crippen LogP contribution in [0.2, 0.25) is 15.1 Å². The zero-order valence-electron chi connectivity index (χ0n) is 17.6. The van der Waals surface area contributed by atoms with Gasteiger partial charge in [0.05, 0.1) is 15.8 Å². The quantitative estimate of drug-likeness (QED) is 0.119. The molecule has 1 aliphatic rings. The molecule has 0 aromatic heterocycles. The van der Waals surface area contributed by atoms with Gasteiger partial charge in [0.15, 0.2) is 0 Å². The number of hydrogen-bond donors (Lipinski definition) is 0. The highest BCUT2D eigenvalue weighted by Crippen LogP contribution is 2.62. The second-order valence-electron chi connectivity index (χ2n) is 7.35. The molecule has 3 aromatic rings. The Bertz CT molecular complexity index is 1400. The summed E-state index contributed by atoms with van der Waals surface area (Å²) in [4.78, 5) is 22.0. The summed E-state index contributed by atoms with van der Waals surface area (Å²) < 4.78 is 28.1. The number of alkyl halides is 3. The molecule has 1 heterocycles. The molecular weight excluding hydrogens is 640 g/mol. The third-order valence-corrected chi connectivity index (χ3v) is 7.50. The molecule has 0 unspecified atom stereocenters. The third-order valence-electron chi connectivity index (χ3n) is 4.91. The van der Waals surface area contributed by atoms with Gasteiger partial charge in [-0.2, -0.15) is 4.57 Å². The summed E-state index contributed by atoms with van der Waals surface area (Å²) in [6, 6.07) is 9.50. The molecule has 37 heavy (non-hydrogen) atoms. The summed E-state index contributed by atoms with van der Waals surface area (Å²) in [5.74, 6) is -2.99. The van der Waals surface area contributed by atoms with Crippen molar-refractivity contribution in [1.82, 2.24) is 0 Å². The van der Waals surface area contributed by atoms with Gasteiger partial charge in [-0.25, -0.2) is 0 Å². The van der Waals surface area contributed by atoms with Crippen molar-refractivity contribution in [2.75, 3.05) is 0 Å². The number of fused-ring (bicyclic) bond motifs is 2. The zero-order chi connectivity index (χ0) is 27.3. The highest BCUT2D eigenvalue weighted by molar-refractivity contribution is 7.49. The second kappa shape index (κ2) is 10.2. The molecule has 0 atom stereocenters. The van der Waals surface area contributed by atoms with E-state index in [0.29, 0.717) is 5.02 Å². The van der Waals surface area contributed by atoms with Gasteiger partial charge in [-0.15, -0.1) is 0 Å². The number of hydrogen-bond acceptors (Lipinski definition) is 8. The first-order chi connectivity index (χ1) is 17.2. The standard InChI is InChI=1S/C20H9Cl6N2O8P/c21-9-1-3-12(4-2-9)34-37(33)35-18-13(5-10(22)7-15(18)27(29)30)17(20(24,25)26)14-6-11(23)8-16(28(31)32)19(14)36-37/h1-8,17H. The Morgan fingerprint density at radius 2 is 1.22 bits per heavy atom. The molecule has 0 N–H and O–H groups in total. The van der Waals surface area contributed by atoms with Gasteiger partial charge < -0.3 is 13.6 Å². The molecule has 0 amide bonds. The molecule has 0 saturated carbocycles. The molecule has 194 valence electrons. The summed E-state index contributed by atoms with van der Waals surface area (Å²) in [7, 11) is -5.00. The fourth-order valence-electron chi connectivity index (χ4n) is 3.52. The topological polar surface area (TPSA) is 131 Å². The predicted molar refractivity (Wildman–Crippen MR) is 139 cm³/mol. The monoisotopic (exact) mass is 646 g/mol. The van der Waals surface area contributed by atoms with Crippen LogP contribution < -0.4 is 13.6 Å². The van der Waals surface area contributed by atoms with Crippen LogP contribution in [0.15, 0.2) is 48.5 Å². The third kappa shape index (κ3) is 5.81. The van der Waals surface area contributed by atoms with E-state index in [1.54, 1.807) is 0 Å². The van der Waals surface area contributed by atoms with E-state index in [-0.39, 0.29) is 26.9 Å². The van der Waals surface area contributed by atoms with E-state index in [4.69, 9.17) is 83.2 Å². The number of phosphoric acid groups is 1. The van der Waals surface area contributed by atoms with Crippen LogP contribution in [0.3, 0.4) is 0 Å². The molecule has 0 fully saturated rings. The molecule has 4 rings (SSSR count). The number of phosphoric ester groups is 1. The summed E-state index contributed by atoms with van der Waals surface area (Å²) in [5.41, 5.74) is -2.05. The molecule has 0 radical (unpaired) electrons. The largest absolute Gasteiger partial charge is 0.647 e. The summed E-state index contributed by atoms with van der Waals surface area (Å²) in [5, 5.41) is 23.8. The predicted octanol–water partition coefficient (Wildman–Crippen LogP) is 8.92. The van der Waals surface area contributed by atoms with Gasteiger partial charge in [0.1, 0.15) is 5.75 Å². The van der Waals surface area contributed by atoms with Gasteiger partial charge in [-0.3, -0.25) is 20.2 Å². The average Bonchev–Trinajstić information content (AvgIpc) is 2.76. The Morgan fingerprint density at radius 1 is 0.784 bits per heavy atom. The van der Waals surface area contributed by atoms with E-state index in [1.807, 2.05) is 0 Å². The van der Waals surface area contributed by atoms with Crippen LogP contribution >= 0.6 is 77.4 Å². The molecule has 10 nitrogen and oxygen atoms in total. The Morgan fingerprint density at radius 3 is 1.59 bits per heavy atom. The molecule has 0 bridgehead atoms. The lowest BCUT2D eigenvalue weighted by molar-refractivity contribution is -0.385. The van der Waals surface area contributed by atoms with E-state index in [2.05, 4.69) is 0 Å². The molecular formula is C20H9Cl6N2O8P. The summed E-state index contributed by atoms with van der Waals surface area (Å²) in [6.45, 7) is 0. The van der Waals surface area contributed by atoms with E-state index in [1.165, 1.54) is 24.3 Å². The maximum Gasteiger partial charge on any atom is 0.647 e. The van der Waals surface area contributed by atoms with Crippen LogP contribution in [0, 0.1) is 20.2 Å². The van der Waals surface area contributed by atoms with Crippen LogP contribution in [-0.2, 0) is 4.57 Å². The smallest absolute Gasteiger partial charge is 0.386 e. The summed E-state index contributed by atoms with van der Waals surface area (Å²) in [6.07, 6.45) is 0. The Kier molecular flexibility index (Phi) is 7.67. The van der Waals surface area contributed by atoms with Gasteiger partial charge in [-0.1, -0.05) is 69.6 Å². The van der Waals surface area contributed by atoms with Crippen molar-refractivity contribution in [3.63, 3.8) is 0 Å². The minimum absolute atomic E-state index is 0.109. The number of rotatable bonds is 4. The Labute approximate surface area is 237 Å². The van der Waals surface area contributed by atoms with Crippen molar-refractivity contribution in [2.45, 2.75) is 9.71 Å². The zero-order valence-corrected chi connectivity index (χ0v) is 23.0. The fourth-order valence-corrected chi connectivity index (χ4v) is 6.13. The highest BCUT2D eigenvalue weighted by atomic mass is 35.6. The van der Waals surface area contributed by atoms with Crippen molar-refractivity contribution in [3.05, 3.63) is 95.0 Å². The van der Waals surface area contributed by atoms with Crippen molar-refractivity contribution in [2.24, 2.45) is 0 Å². The fraction of sp³-hybridized carbons (Fsp3) is 0.100. The molecule has 0 saturated heterocycles. The summed E-state index contributed by atoms with van der Waals surface area (Å²) >= 11 is 36.9. The number of nitrogens with zero attached hydrogens (tertiary/aromatic N) is 2. The Balaban J connectivity index is 2.10. The molecule has 0 spiro atoms. The van der Waals surface area contributed by atoms with E-state index < -0.39 is 50.3 Å². The van der Waals surface area contributed by atoms with Crippen molar-refractivity contribution in [3.8, 4) is 17.2 Å². The Hall–Kier alpha value is -2.17. The number of benzene rings is 3. The lowest BCUT2D eigenvalue weighted by Gasteiger charge is -2.32. The maximum atomic E-state index is 14.0. The second-order valence-corrected chi connectivity index (χ2v) is 12.5. The molecule has 17 heteroatoms. The number of nitro groups is 2. The lowest BCUT2D eigenvalue weighted by atomic mass is 9.90. The normalized spacial score (nSPS) is 18.8. The van der Waals surface area contributed by atoms with Crippen molar-refractivity contribution >= 4 is 88.8 Å². The van der Waals surface area contributed by atoms with Crippen LogP contribution in [0.1, 0.15) is 17.0 Å². The van der Waals surface area contributed by atoms with Crippen molar-refractivity contribution < 1.29 is 28.0 Å². The minimum Gasteiger partial charge on any atom is -0.386 e. The number of nitro benzene ring substituents is 2. The van der Waals surface area contributed by atoms with Crippen LogP contribution in [0.25, 0.3) is 0 Å². The first-order valence-corrected chi connectivity index (χ1v) is 13.4. The SMILES string of the molecule is O=[N+]([O-])c1cc(Cl)cc2c1OP(=O)(Oc1ccc(Cl)cc1)Oc1c(cc(Cl)cc1[N+](=O)[O-])C2C(Cl)(Cl)Cl. The van der Waals surface area contributed by atoms with Crippen LogP contribution in [0.4, 0.5) is 11.4 Å². The van der Waals surface area contributed by atoms with E-state index in [9.17, 15) is 24.8 Å². The van der Waals surface area contributed by atoms with Crippen LogP contribution in [-0.4, -0.2) is 13.6 Å². The molecule has 3 aromatic carbocycles. The highest BCUT2D eigenvalue weighted by Gasteiger charge is 2.49. The van der Waals surface area contributed by atoms with Gasteiger partial charge in [-0.05, 0) is 36.4 Å². The van der Waals surface area contributed by atoms with Gasteiger partial charge in [0.2, 0.25) is 15.3 Å². The number of halogens is 6. The average molecular weight is 649 g/mol. The first-order valence-electron chi connectivity index (χ1n) is 9.65. The van der Waals surface area contributed by atoms with Gasteiger partial charge in [0.25, 0.3) is 0 Å². The minimum atomic E-state index is -5.00. The maximum absolute atomic E-state index is 14.0. The molecule has 1 aliphatic heterocycles. The van der Waals surface area contributed by atoms with Gasteiger partial charge in [0, 0.05) is 38.3 Å². The lowest BCUT2D eigenvalue weighted by Crippen LogP contribution is -2.24. The van der Waals surface area contributed by atoms with Crippen molar-refractivity contribution in [1.29, 1.82) is 0 Å². The van der Waals surface area contributed by atoms with Crippen LogP contribution in [0.5, 0.6) is 17.2 Å². The van der Waals surface area contributed by atoms with Gasteiger partial charge >= 0.3 is 19.2 Å². The van der Waals surface area contributed by atoms with E-state index >= 15 is 0 Å². The van der Waals surface area contributed by atoms with E-state index in [0.717, 1.165) is 24.3 Å².